The Labute approximate surface area is 125 Å². The minimum atomic E-state index is -1.18. The predicted octanol–water partition coefficient (Wildman–Crippen LogP) is 2.25. The Bertz CT molecular complexity index is 571. The van der Waals surface area contributed by atoms with Crippen LogP contribution in [0.15, 0.2) is 30.3 Å². The van der Waals surface area contributed by atoms with E-state index in [0.717, 1.165) is 5.56 Å². The molecule has 1 atom stereocenters. The van der Waals surface area contributed by atoms with Gasteiger partial charge in [-0.2, -0.15) is 0 Å². The number of hydrogen-bond acceptors (Lipinski definition) is 3. The fraction of sp³-hybridized carbons (Fsp3) is 0.529. The normalized spacial score (nSPS) is 23.8. The predicted molar refractivity (Wildman–Crippen MR) is 80.6 cm³/mol. The van der Waals surface area contributed by atoms with Gasteiger partial charge in [-0.25, -0.2) is 0 Å². The number of nitrogens with zero attached hydrogens (tertiary/aromatic N) is 1. The smallest absolute Gasteiger partial charge is 0.240 e. The number of benzene rings is 1. The zero-order chi connectivity index (χ0) is 16.1. The molecule has 0 spiro atoms. The Morgan fingerprint density at radius 3 is 2.10 bits per heavy atom. The van der Waals surface area contributed by atoms with E-state index in [-0.39, 0.29) is 18.2 Å². The average Bonchev–Trinajstić information content (AvgIpc) is 2.61. The van der Waals surface area contributed by atoms with Crippen LogP contribution in [0.2, 0.25) is 0 Å². The zero-order valence-electron chi connectivity index (χ0n) is 13.3. The van der Waals surface area contributed by atoms with Crippen LogP contribution in [0.4, 0.5) is 0 Å². The third-order valence-electron chi connectivity index (χ3n) is 4.90. The highest BCUT2D eigenvalue weighted by atomic mass is 16.3. The summed E-state index contributed by atoms with van der Waals surface area (Å²) in [6, 6.07) is 9.34. The SMILES string of the molecule is CC1(c2ccccc2)CC(=O)N(C(C)(C)C(C)(C)O)C1=O. The largest absolute Gasteiger partial charge is 0.388 e. The standard InChI is InChI=1S/C17H23NO3/c1-15(2,16(3,4)21)18-13(19)11-17(5,14(18)20)12-9-7-6-8-10-12/h6-10,21H,11H2,1-5H3. The number of imide groups is 1. The summed E-state index contributed by atoms with van der Waals surface area (Å²) in [6.07, 6.45) is 0.134. The Balaban J connectivity index is 2.47. The fourth-order valence-electron chi connectivity index (χ4n) is 2.69. The molecule has 2 amide bonds. The molecule has 1 aromatic carbocycles. The highest BCUT2D eigenvalue weighted by molar-refractivity contribution is 6.09. The summed E-state index contributed by atoms with van der Waals surface area (Å²) >= 11 is 0. The van der Waals surface area contributed by atoms with E-state index >= 15 is 0 Å². The number of aliphatic hydroxyl groups is 1. The first-order valence-corrected chi connectivity index (χ1v) is 7.17. The first kappa shape index (κ1) is 15.7. The maximum Gasteiger partial charge on any atom is 0.240 e. The highest BCUT2D eigenvalue weighted by Crippen LogP contribution is 2.42. The Kier molecular flexibility index (Phi) is 3.49. The Morgan fingerprint density at radius 2 is 1.62 bits per heavy atom. The van der Waals surface area contributed by atoms with Gasteiger partial charge in [-0.15, -0.1) is 0 Å². The second kappa shape index (κ2) is 4.67. The molecule has 21 heavy (non-hydrogen) atoms. The lowest BCUT2D eigenvalue weighted by atomic mass is 9.80. The molecule has 1 unspecified atom stereocenters. The molecular formula is C17H23NO3. The molecule has 0 aromatic heterocycles. The van der Waals surface area contributed by atoms with Gasteiger partial charge in [-0.3, -0.25) is 14.5 Å². The molecule has 1 aliphatic heterocycles. The van der Waals surface area contributed by atoms with Crippen molar-refractivity contribution in [1.29, 1.82) is 0 Å². The topological polar surface area (TPSA) is 57.6 Å². The van der Waals surface area contributed by atoms with E-state index in [1.54, 1.807) is 34.6 Å². The van der Waals surface area contributed by atoms with Gasteiger partial charge in [-0.1, -0.05) is 30.3 Å². The molecule has 0 radical (unpaired) electrons. The van der Waals surface area contributed by atoms with E-state index in [2.05, 4.69) is 0 Å². The molecule has 0 saturated carbocycles. The summed E-state index contributed by atoms with van der Waals surface area (Å²) in [5.74, 6) is -0.482. The number of likely N-dealkylation sites (tertiary alicyclic amines) is 1. The van der Waals surface area contributed by atoms with Crippen molar-refractivity contribution >= 4 is 11.8 Å². The quantitative estimate of drug-likeness (QED) is 0.868. The highest BCUT2D eigenvalue weighted by Gasteiger charge is 2.57. The van der Waals surface area contributed by atoms with Crippen molar-refractivity contribution in [2.24, 2.45) is 0 Å². The molecule has 1 aliphatic rings. The van der Waals surface area contributed by atoms with Crippen LogP contribution in [-0.4, -0.2) is 33.0 Å². The van der Waals surface area contributed by atoms with Crippen LogP contribution in [0.1, 0.15) is 46.6 Å². The molecule has 0 bridgehead atoms. The lowest BCUT2D eigenvalue weighted by Crippen LogP contribution is -2.60. The van der Waals surface area contributed by atoms with Gasteiger partial charge in [0.1, 0.15) is 0 Å². The molecule has 1 saturated heterocycles. The first-order chi connectivity index (χ1) is 9.52. The van der Waals surface area contributed by atoms with Gasteiger partial charge in [0.25, 0.3) is 0 Å². The summed E-state index contributed by atoms with van der Waals surface area (Å²) in [6.45, 7) is 8.47. The minimum Gasteiger partial charge on any atom is -0.388 e. The summed E-state index contributed by atoms with van der Waals surface area (Å²) < 4.78 is 0. The number of amides is 2. The summed E-state index contributed by atoms with van der Waals surface area (Å²) in [4.78, 5) is 26.6. The number of carbonyl (C=O) groups is 2. The van der Waals surface area contributed by atoms with E-state index in [0.29, 0.717) is 0 Å². The van der Waals surface area contributed by atoms with Crippen molar-refractivity contribution in [2.75, 3.05) is 0 Å². The van der Waals surface area contributed by atoms with Crippen LogP contribution in [0, 0.1) is 0 Å². The first-order valence-electron chi connectivity index (χ1n) is 7.17. The van der Waals surface area contributed by atoms with E-state index in [1.165, 1.54) is 4.90 Å². The molecule has 4 heteroatoms. The van der Waals surface area contributed by atoms with Gasteiger partial charge in [0.2, 0.25) is 11.8 Å². The van der Waals surface area contributed by atoms with Crippen LogP contribution < -0.4 is 0 Å². The van der Waals surface area contributed by atoms with E-state index < -0.39 is 16.6 Å². The van der Waals surface area contributed by atoms with Gasteiger partial charge in [0.15, 0.2) is 0 Å². The zero-order valence-corrected chi connectivity index (χ0v) is 13.3. The van der Waals surface area contributed by atoms with Crippen LogP contribution >= 0.6 is 0 Å². The number of hydrogen-bond donors (Lipinski definition) is 1. The molecule has 2 rings (SSSR count). The monoisotopic (exact) mass is 289 g/mol. The number of rotatable bonds is 3. The van der Waals surface area contributed by atoms with Gasteiger partial charge in [0.05, 0.1) is 16.6 Å². The van der Waals surface area contributed by atoms with Crippen molar-refractivity contribution in [3.05, 3.63) is 35.9 Å². The maximum atomic E-state index is 12.9. The molecule has 4 nitrogen and oxygen atoms in total. The summed E-state index contributed by atoms with van der Waals surface area (Å²) in [5, 5.41) is 10.3. The molecule has 0 aliphatic carbocycles. The summed E-state index contributed by atoms with van der Waals surface area (Å²) in [5.41, 5.74) is -2.17. The van der Waals surface area contributed by atoms with E-state index in [1.807, 2.05) is 30.3 Å². The van der Waals surface area contributed by atoms with Crippen molar-refractivity contribution in [3.8, 4) is 0 Å². The van der Waals surface area contributed by atoms with Crippen LogP contribution in [-0.2, 0) is 15.0 Å². The van der Waals surface area contributed by atoms with Crippen molar-refractivity contribution in [1.82, 2.24) is 4.90 Å². The number of carbonyl (C=O) groups excluding carboxylic acids is 2. The van der Waals surface area contributed by atoms with Crippen molar-refractivity contribution < 1.29 is 14.7 Å². The third-order valence-corrected chi connectivity index (χ3v) is 4.90. The average molecular weight is 289 g/mol. The molecule has 1 N–H and O–H groups in total. The van der Waals surface area contributed by atoms with Gasteiger partial charge in [-0.05, 0) is 40.2 Å². The minimum absolute atomic E-state index is 0.134. The Hall–Kier alpha value is -1.68. The molecule has 114 valence electrons. The van der Waals surface area contributed by atoms with Crippen molar-refractivity contribution in [2.45, 2.75) is 57.6 Å². The molecular weight excluding hydrogens is 266 g/mol. The second-order valence-corrected chi connectivity index (χ2v) is 7.03. The van der Waals surface area contributed by atoms with E-state index in [4.69, 9.17) is 0 Å². The Morgan fingerprint density at radius 1 is 1.10 bits per heavy atom. The summed E-state index contributed by atoms with van der Waals surface area (Å²) in [7, 11) is 0. The lowest BCUT2D eigenvalue weighted by molar-refractivity contribution is -0.156. The third kappa shape index (κ3) is 2.27. The van der Waals surface area contributed by atoms with Gasteiger partial charge in [0, 0.05) is 6.42 Å². The lowest BCUT2D eigenvalue weighted by Gasteiger charge is -2.43. The van der Waals surface area contributed by atoms with Gasteiger partial charge < -0.3 is 5.11 Å². The fourth-order valence-corrected chi connectivity index (χ4v) is 2.69. The molecule has 1 heterocycles. The van der Waals surface area contributed by atoms with Crippen molar-refractivity contribution in [3.63, 3.8) is 0 Å². The molecule has 1 fully saturated rings. The van der Waals surface area contributed by atoms with Crippen LogP contribution in [0.25, 0.3) is 0 Å². The van der Waals surface area contributed by atoms with E-state index in [9.17, 15) is 14.7 Å². The van der Waals surface area contributed by atoms with Crippen LogP contribution in [0.3, 0.4) is 0 Å². The molecule has 1 aromatic rings. The van der Waals surface area contributed by atoms with Gasteiger partial charge >= 0.3 is 0 Å². The van der Waals surface area contributed by atoms with Crippen LogP contribution in [0.5, 0.6) is 0 Å². The second-order valence-electron chi connectivity index (χ2n) is 7.03. The maximum absolute atomic E-state index is 12.9.